The summed E-state index contributed by atoms with van der Waals surface area (Å²) in [5.74, 6) is 1.08. The van der Waals surface area contributed by atoms with Crippen LogP contribution in [0.2, 0.25) is 0 Å². The van der Waals surface area contributed by atoms with E-state index < -0.39 is 0 Å². The molecule has 2 aliphatic heterocycles. The van der Waals surface area contributed by atoms with Gasteiger partial charge in [0.2, 0.25) is 0 Å². The number of amides is 1. The molecule has 2 fully saturated rings. The molecule has 1 aromatic rings. The second-order valence-electron chi connectivity index (χ2n) is 9.14. The van der Waals surface area contributed by atoms with Gasteiger partial charge in [-0.3, -0.25) is 9.79 Å². The maximum absolute atomic E-state index is 12.6. The van der Waals surface area contributed by atoms with Crippen LogP contribution in [0.1, 0.15) is 52.1 Å². The monoisotopic (exact) mass is 429 g/mol. The van der Waals surface area contributed by atoms with E-state index in [9.17, 15) is 4.79 Å². The Morgan fingerprint density at radius 3 is 2.48 bits per heavy atom. The Kier molecular flexibility index (Phi) is 8.32. The van der Waals surface area contributed by atoms with E-state index in [1.54, 1.807) is 0 Å². The number of ether oxygens (including phenoxy) is 1. The first kappa shape index (κ1) is 23.5. The van der Waals surface area contributed by atoms with Crippen LogP contribution in [0, 0.1) is 0 Å². The first-order valence-electron chi connectivity index (χ1n) is 11.7. The summed E-state index contributed by atoms with van der Waals surface area (Å²) in [6.07, 6.45) is 1.61. The van der Waals surface area contributed by atoms with Gasteiger partial charge in [-0.2, -0.15) is 0 Å². The molecule has 7 nitrogen and oxygen atoms in total. The van der Waals surface area contributed by atoms with Crippen molar-refractivity contribution >= 4 is 11.9 Å². The molecule has 2 heterocycles. The fourth-order valence-corrected chi connectivity index (χ4v) is 4.27. The van der Waals surface area contributed by atoms with Crippen molar-refractivity contribution in [3.63, 3.8) is 0 Å². The Morgan fingerprint density at radius 2 is 1.87 bits per heavy atom. The predicted molar refractivity (Wildman–Crippen MR) is 125 cm³/mol. The molecule has 0 bridgehead atoms. The number of hydrogen-bond acceptors (Lipinski definition) is 4. The van der Waals surface area contributed by atoms with Gasteiger partial charge in [0.1, 0.15) is 6.10 Å². The van der Waals surface area contributed by atoms with Crippen molar-refractivity contribution in [2.45, 2.75) is 58.2 Å². The van der Waals surface area contributed by atoms with Crippen molar-refractivity contribution in [3.05, 3.63) is 35.9 Å². The maximum Gasteiger partial charge on any atom is 0.251 e. The summed E-state index contributed by atoms with van der Waals surface area (Å²) >= 11 is 0. The lowest BCUT2D eigenvalue weighted by molar-refractivity contribution is -0.142. The highest BCUT2D eigenvalue weighted by molar-refractivity contribution is 5.82. The number of piperazine rings is 1. The Hall–Kier alpha value is -2.12. The topological polar surface area (TPSA) is 69.2 Å². The van der Waals surface area contributed by atoms with Crippen molar-refractivity contribution in [2.75, 3.05) is 45.9 Å². The summed E-state index contributed by atoms with van der Waals surface area (Å²) in [7, 11) is 0. The van der Waals surface area contributed by atoms with Crippen molar-refractivity contribution in [1.82, 2.24) is 20.4 Å². The van der Waals surface area contributed by atoms with Gasteiger partial charge in [0.15, 0.2) is 5.96 Å². The van der Waals surface area contributed by atoms with Crippen LogP contribution in [-0.4, -0.2) is 79.2 Å². The summed E-state index contributed by atoms with van der Waals surface area (Å²) in [5, 5.41) is 7.14. The molecule has 3 rings (SSSR count). The molecule has 0 saturated carbocycles. The second kappa shape index (κ2) is 11.0. The average molecular weight is 430 g/mol. The number of aliphatic imine (C=N–C) groups is 1. The molecule has 2 aliphatic rings. The normalized spacial score (nSPS) is 21.3. The van der Waals surface area contributed by atoms with Crippen LogP contribution < -0.4 is 10.6 Å². The minimum absolute atomic E-state index is 0.145. The Balaban J connectivity index is 1.55. The minimum Gasteiger partial charge on any atom is -0.368 e. The molecule has 0 aromatic heterocycles. The average Bonchev–Trinajstić information content (AvgIpc) is 3.31. The standard InChI is InChI=1S/C24H39N5O2/c1-5-25-23(26-18-24(3,4)27-19(2)20-10-7-6-8-11-20)29-15-13-28(14-16-29)22(30)21-12-9-17-31-21/h6-8,10-11,19,21,27H,5,9,12-18H2,1-4H3,(H,25,26). The molecular formula is C24H39N5O2. The highest BCUT2D eigenvalue weighted by Gasteiger charge is 2.31. The van der Waals surface area contributed by atoms with Crippen LogP contribution in [0.25, 0.3) is 0 Å². The van der Waals surface area contributed by atoms with Gasteiger partial charge in [0.25, 0.3) is 5.91 Å². The van der Waals surface area contributed by atoms with E-state index in [1.807, 2.05) is 11.0 Å². The summed E-state index contributed by atoms with van der Waals surface area (Å²) in [4.78, 5) is 21.8. The van der Waals surface area contributed by atoms with E-state index in [0.29, 0.717) is 13.2 Å². The van der Waals surface area contributed by atoms with Crippen LogP contribution in [-0.2, 0) is 9.53 Å². The quantitative estimate of drug-likeness (QED) is 0.515. The number of benzene rings is 1. The third-order valence-electron chi connectivity index (χ3n) is 5.96. The molecule has 1 aromatic carbocycles. The van der Waals surface area contributed by atoms with Crippen LogP contribution in [0.4, 0.5) is 0 Å². The molecule has 2 unspecified atom stereocenters. The van der Waals surface area contributed by atoms with Gasteiger partial charge in [0.05, 0.1) is 6.54 Å². The van der Waals surface area contributed by atoms with Crippen LogP contribution in [0.15, 0.2) is 35.3 Å². The summed E-state index contributed by atoms with van der Waals surface area (Å²) in [6, 6.07) is 10.7. The van der Waals surface area contributed by atoms with Crippen LogP contribution in [0.5, 0.6) is 0 Å². The molecule has 7 heteroatoms. The second-order valence-corrected chi connectivity index (χ2v) is 9.14. The van der Waals surface area contributed by atoms with Gasteiger partial charge in [-0.1, -0.05) is 30.3 Å². The molecule has 2 N–H and O–H groups in total. The lowest BCUT2D eigenvalue weighted by atomic mass is 10.0. The molecule has 0 spiro atoms. The first-order chi connectivity index (χ1) is 14.9. The Labute approximate surface area is 187 Å². The minimum atomic E-state index is -0.230. The molecular weight excluding hydrogens is 390 g/mol. The van der Waals surface area contributed by atoms with Gasteiger partial charge >= 0.3 is 0 Å². The Bertz CT molecular complexity index is 723. The van der Waals surface area contributed by atoms with E-state index in [4.69, 9.17) is 9.73 Å². The molecule has 2 saturated heterocycles. The molecule has 2 atom stereocenters. The van der Waals surface area contributed by atoms with Gasteiger partial charge in [-0.05, 0) is 46.1 Å². The summed E-state index contributed by atoms with van der Waals surface area (Å²) in [6.45, 7) is 13.9. The number of carbonyl (C=O) groups excluding carboxylic acids is 1. The van der Waals surface area contributed by atoms with E-state index in [1.165, 1.54) is 5.56 Å². The third-order valence-corrected chi connectivity index (χ3v) is 5.96. The zero-order valence-corrected chi connectivity index (χ0v) is 19.6. The number of nitrogens with one attached hydrogen (secondary N) is 2. The molecule has 1 amide bonds. The van der Waals surface area contributed by atoms with E-state index in [-0.39, 0.29) is 23.6 Å². The highest BCUT2D eigenvalue weighted by Crippen LogP contribution is 2.18. The van der Waals surface area contributed by atoms with Gasteiger partial charge in [-0.25, -0.2) is 0 Å². The van der Waals surface area contributed by atoms with Crippen molar-refractivity contribution in [3.8, 4) is 0 Å². The number of rotatable bonds is 7. The van der Waals surface area contributed by atoms with Crippen molar-refractivity contribution < 1.29 is 9.53 Å². The van der Waals surface area contributed by atoms with E-state index in [0.717, 1.165) is 51.5 Å². The van der Waals surface area contributed by atoms with Crippen molar-refractivity contribution in [2.24, 2.45) is 4.99 Å². The highest BCUT2D eigenvalue weighted by atomic mass is 16.5. The lowest BCUT2D eigenvalue weighted by Gasteiger charge is -2.38. The molecule has 31 heavy (non-hydrogen) atoms. The van der Waals surface area contributed by atoms with Gasteiger partial charge in [-0.15, -0.1) is 0 Å². The fraction of sp³-hybridized carbons (Fsp3) is 0.667. The number of nitrogens with zero attached hydrogens (tertiary/aromatic N) is 3. The van der Waals surface area contributed by atoms with E-state index >= 15 is 0 Å². The van der Waals surface area contributed by atoms with Crippen molar-refractivity contribution in [1.29, 1.82) is 0 Å². The van der Waals surface area contributed by atoms with Gasteiger partial charge in [0, 0.05) is 50.9 Å². The molecule has 0 radical (unpaired) electrons. The molecule has 172 valence electrons. The SMILES string of the molecule is CCNC(=NCC(C)(C)NC(C)c1ccccc1)N1CCN(C(=O)C2CCCO2)CC1. The number of hydrogen-bond donors (Lipinski definition) is 2. The maximum atomic E-state index is 12.6. The number of guanidine groups is 1. The van der Waals surface area contributed by atoms with Crippen LogP contribution in [0.3, 0.4) is 0 Å². The fourth-order valence-electron chi connectivity index (χ4n) is 4.27. The predicted octanol–water partition coefficient (Wildman–Crippen LogP) is 2.40. The van der Waals surface area contributed by atoms with Gasteiger partial charge < -0.3 is 25.2 Å². The zero-order chi connectivity index (χ0) is 22.3. The summed E-state index contributed by atoms with van der Waals surface area (Å²) < 4.78 is 5.57. The lowest BCUT2D eigenvalue weighted by Crippen LogP contribution is -2.55. The smallest absolute Gasteiger partial charge is 0.251 e. The Morgan fingerprint density at radius 1 is 1.19 bits per heavy atom. The molecule has 0 aliphatic carbocycles. The third kappa shape index (κ3) is 6.68. The largest absolute Gasteiger partial charge is 0.368 e. The first-order valence-corrected chi connectivity index (χ1v) is 11.7. The zero-order valence-electron chi connectivity index (χ0n) is 19.6. The number of carbonyl (C=O) groups is 1. The van der Waals surface area contributed by atoms with Crippen LogP contribution >= 0.6 is 0 Å². The van der Waals surface area contributed by atoms with E-state index in [2.05, 4.69) is 67.5 Å². The summed E-state index contributed by atoms with van der Waals surface area (Å²) in [5.41, 5.74) is 1.13.